The lowest BCUT2D eigenvalue weighted by Gasteiger charge is -2.42. The fourth-order valence-electron chi connectivity index (χ4n) is 3.20. The molecule has 2 aliphatic heterocycles. The minimum atomic E-state index is -0.710. The van der Waals surface area contributed by atoms with Gasteiger partial charge < -0.3 is 19.5 Å². The molecular formula is C14H26N2O4. The Morgan fingerprint density at radius 2 is 2.20 bits per heavy atom. The Hall–Kier alpha value is -0.690. The van der Waals surface area contributed by atoms with Crippen molar-refractivity contribution in [3.63, 3.8) is 0 Å². The monoisotopic (exact) mass is 286 g/mol. The molecule has 6 heteroatoms. The van der Waals surface area contributed by atoms with Gasteiger partial charge in [-0.3, -0.25) is 9.69 Å². The first kappa shape index (κ1) is 15.7. The maximum atomic E-state index is 12.8. The van der Waals surface area contributed by atoms with Gasteiger partial charge in [-0.15, -0.1) is 0 Å². The first-order chi connectivity index (χ1) is 9.41. The van der Waals surface area contributed by atoms with Crippen LogP contribution < -0.4 is 0 Å². The SMILES string of the molecule is CO[C@@H]1COC[C@@H](N(C)C(=O)[C@@]2(C)CCCN2C)[C@@H]1O. The molecule has 2 heterocycles. The van der Waals surface area contributed by atoms with Crippen LogP contribution in [-0.2, 0) is 14.3 Å². The zero-order chi connectivity index (χ0) is 14.9. The molecule has 0 saturated carbocycles. The van der Waals surface area contributed by atoms with Crippen LogP contribution >= 0.6 is 0 Å². The highest BCUT2D eigenvalue weighted by molar-refractivity contribution is 5.86. The smallest absolute Gasteiger partial charge is 0.242 e. The average Bonchev–Trinajstić information content (AvgIpc) is 2.78. The molecule has 0 aromatic heterocycles. The molecule has 20 heavy (non-hydrogen) atoms. The van der Waals surface area contributed by atoms with E-state index in [1.54, 1.807) is 19.1 Å². The molecule has 0 bridgehead atoms. The number of carbonyl (C=O) groups is 1. The Bertz CT molecular complexity index is 365. The van der Waals surface area contributed by atoms with E-state index in [1.165, 1.54) is 0 Å². The quantitative estimate of drug-likeness (QED) is 0.772. The predicted molar refractivity (Wildman–Crippen MR) is 74.4 cm³/mol. The van der Waals surface area contributed by atoms with Crippen LogP contribution in [0.2, 0.25) is 0 Å². The number of hydrogen-bond acceptors (Lipinski definition) is 5. The van der Waals surface area contributed by atoms with E-state index in [0.717, 1.165) is 19.4 Å². The minimum Gasteiger partial charge on any atom is -0.388 e. The number of aliphatic hydroxyl groups excluding tert-OH is 1. The molecule has 4 atom stereocenters. The van der Waals surface area contributed by atoms with Crippen LogP contribution in [0.1, 0.15) is 19.8 Å². The van der Waals surface area contributed by atoms with E-state index in [9.17, 15) is 9.90 Å². The summed E-state index contributed by atoms with van der Waals surface area (Å²) in [7, 11) is 5.27. The lowest BCUT2D eigenvalue weighted by atomic mass is 9.94. The van der Waals surface area contributed by atoms with E-state index in [-0.39, 0.29) is 18.1 Å². The van der Waals surface area contributed by atoms with Crippen molar-refractivity contribution >= 4 is 5.91 Å². The number of hydrogen-bond donors (Lipinski definition) is 1. The normalized spacial score (nSPS) is 39.0. The Balaban J connectivity index is 2.10. The van der Waals surface area contributed by atoms with Crippen molar-refractivity contribution in [3.05, 3.63) is 0 Å². The molecule has 0 aliphatic carbocycles. The van der Waals surface area contributed by atoms with Crippen LogP contribution in [0.4, 0.5) is 0 Å². The minimum absolute atomic E-state index is 0.0434. The molecule has 0 aromatic rings. The Labute approximate surface area is 120 Å². The average molecular weight is 286 g/mol. The maximum Gasteiger partial charge on any atom is 0.242 e. The summed E-state index contributed by atoms with van der Waals surface area (Å²) < 4.78 is 10.7. The largest absolute Gasteiger partial charge is 0.388 e. The number of rotatable bonds is 3. The second-order valence-corrected chi connectivity index (χ2v) is 6.08. The van der Waals surface area contributed by atoms with Crippen molar-refractivity contribution in [2.75, 3.05) is 41.0 Å². The summed E-state index contributed by atoms with van der Waals surface area (Å²) in [5, 5.41) is 10.3. The zero-order valence-electron chi connectivity index (χ0n) is 12.8. The summed E-state index contributed by atoms with van der Waals surface area (Å²) in [6.45, 7) is 3.62. The van der Waals surface area contributed by atoms with E-state index in [4.69, 9.17) is 9.47 Å². The second kappa shape index (κ2) is 5.97. The van der Waals surface area contributed by atoms with Gasteiger partial charge >= 0.3 is 0 Å². The number of methoxy groups -OCH3 is 1. The van der Waals surface area contributed by atoms with Crippen LogP contribution in [0.25, 0.3) is 0 Å². The van der Waals surface area contributed by atoms with Crippen molar-refractivity contribution in [1.82, 2.24) is 9.80 Å². The number of likely N-dealkylation sites (tertiary alicyclic amines) is 1. The molecular weight excluding hydrogens is 260 g/mol. The molecule has 0 aromatic carbocycles. The highest BCUT2D eigenvalue weighted by atomic mass is 16.5. The predicted octanol–water partition coefficient (Wildman–Crippen LogP) is -0.296. The van der Waals surface area contributed by atoms with E-state index >= 15 is 0 Å². The van der Waals surface area contributed by atoms with Gasteiger partial charge in [-0.1, -0.05) is 0 Å². The van der Waals surface area contributed by atoms with Crippen LogP contribution in [0.5, 0.6) is 0 Å². The number of amides is 1. The number of ether oxygens (including phenoxy) is 2. The fourth-order valence-corrected chi connectivity index (χ4v) is 3.20. The highest BCUT2D eigenvalue weighted by Crippen LogP contribution is 2.30. The summed E-state index contributed by atoms with van der Waals surface area (Å²) in [5.74, 6) is 0.0434. The summed E-state index contributed by atoms with van der Waals surface area (Å²) in [6.07, 6.45) is 0.789. The van der Waals surface area contributed by atoms with Crippen molar-refractivity contribution in [2.45, 2.75) is 43.6 Å². The molecule has 0 radical (unpaired) electrons. The van der Waals surface area contributed by atoms with Gasteiger partial charge in [0, 0.05) is 14.2 Å². The van der Waals surface area contributed by atoms with Crippen molar-refractivity contribution in [2.24, 2.45) is 0 Å². The topological polar surface area (TPSA) is 62.2 Å². The van der Waals surface area contributed by atoms with Gasteiger partial charge in [0.15, 0.2) is 0 Å². The molecule has 1 amide bonds. The van der Waals surface area contributed by atoms with Crippen LogP contribution in [-0.4, -0.2) is 85.6 Å². The van der Waals surface area contributed by atoms with E-state index in [0.29, 0.717) is 13.2 Å². The number of carbonyl (C=O) groups excluding carboxylic acids is 1. The molecule has 2 fully saturated rings. The molecule has 2 saturated heterocycles. The summed E-state index contributed by atoms with van der Waals surface area (Å²) in [5.41, 5.74) is -0.478. The fraction of sp³-hybridized carbons (Fsp3) is 0.929. The lowest BCUT2D eigenvalue weighted by Crippen LogP contribution is -2.61. The third-order valence-electron chi connectivity index (χ3n) is 4.93. The Morgan fingerprint density at radius 3 is 2.75 bits per heavy atom. The van der Waals surface area contributed by atoms with Gasteiger partial charge in [0.05, 0.1) is 24.8 Å². The van der Waals surface area contributed by atoms with Gasteiger partial charge in [0.1, 0.15) is 12.2 Å². The summed E-state index contributed by atoms with van der Waals surface area (Å²) >= 11 is 0. The molecule has 0 spiro atoms. The third kappa shape index (κ3) is 2.57. The molecule has 116 valence electrons. The van der Waals surface area contributed by atoms with E-state index in [1.807, 2.05) is 14.0 Å². The third-order valence-corrected chi connectivity index (χ3v) is 4.93. The number of likely N-dealkylation sites (N-methyl/N-ethyl adjacent to an activating group) is 2. The van der Waals surface area contributed by atoms with Gasteiger partial charge in [0.2, 0.25) is 5.91 Å². The van der Waals surface area contributed by atoms with Gasteiger partial charge in [-0.05, 0) is 33.4 Å². The summed E-state index contributed by atoms with van der Waals surface area (Å²) in [6, 6.07) is -0.355. The first-order valence-electron chi connectivity index (χ1n) is 7.19. The summed E-state index contributed by atoms with van der Waals surface area (Å²) in [4.78, 5) is 16.5. The highest BCUT2D eigenvalue weighted by Gasteiger charge is 2.46. The first-order valence-corrected chi connectivity index (χ1v) is 7.19. The van der Waals surface area contributed by atoms with E-state index < -0.39 is 11.6 Å². The van der Waals surface area contributed by atoms with E-state index in [2.05, 4.69) is 4.90 Å². The molecule has 0 unspecified atom stereocenters. The van der Waals surface area contributed by atoms with Crippen molar-refractivity contribution < 1.29 is 19.4 Å². The second-order valence-electron chi connectivity index (χ2n) is 6.08. The lowest BCUT2D eigenvalue weighted by molar-refractivity contribution is -0.164. The van der Waals surface area contributed by atoms with Crippen molar-refractivity contribution in [3.8, 4) is 0 Å². The van der Waals surface area contributed by atoms with Crippen molar-refractivity contribution in [1.29, 1.82) is 0 Å². The molecule has 6 nitrogen and oxygen atoms in total. The van der Waals surface area contributed by atoms with Crippen LogP contribution in [0.3, 0.4) is 0 Å². The zero-order valence-corrected chi connectivity index (χ0v) is 12.8. The molecule has 2 rings (SSSR count). The van der Waals surface area contributed by atoms with Gasteiger partial charge in [0.25, 0.3) is 0 Å². The van der Waals surface area contributed by atoms with Gasteiger partial charge in [-0.2, -0.15) is 0 Å². The Morgan fingerprint density at radius 1 is 1.50 bits per heavy atom. The Kier molecular flexibility index (Phi) is 4.69. The van der Waals surface area contributed by atoms with Crippen LogP contribution in [0.15, 0.2) is 0 Å². The standard InChI is InChI=1S/C14H26N2O4/c1-14(6-5-7-15(14)2)13(18)16(3)10-8-20-9-11(19-4)12(10)17/h10-12,17H,5-9H2,1-4H3/t10-,11-,12+,14-/m1/s1. The molecule has 2 aliphatic rings. The maximum absolute atomic E-state index is 12.8. The molecule has 1 N–H and O–H groups in total. The van der Waals surface area contributed by atoms with Gasteiger partial charge in [-0.25, -0.2) is 0 Å². The number of nitrogens with zero attached hydrogens (tertiary/aromatic N) is 2. The van der Waals surface area contributed by atoms with Crippen LogP contribution in [0, 0.1) is 0 Å². The number of aliphatic hydroxyl groups is 1.